The van der Waals surface area contributed by atoms with Gasteiger partial charge in [0.1, 0.15) is 0 Å². The van der Waals surface area contributed by atoms with E-state index in [1.807, 2.05) is 25.0 Å². The molecule has 1 aliphatic heterocycles. The SMILES string of the molecule is CN=C(NCC(c1cnn(C)c1)N(C)C)NCC1(N2CCOCC2)CCCCC1.I. The third kappa shape index (κ3) is 6.54. The number of aromatic nitrogens is 2. The topological polar surface area (TPSA) is 70.0 Å². The smallest absolute Gasteiger partial charge is 0.191 e. The molecular weight excluding hydrogens is 493 g/mol. The first-order chi connectivity index (χ1) is 14.0. The molecule has 1 aromatic heterocycles. The van der Waals surface area contributed by atoms with Gasteiger partial charge in [0, 0.05) is 57.6 Å². The van der Waals surface area contributed by atoms with Crippen molar-refractivity contribution in [3.05, 3.63) is 18.0 Å². The van der Waals surface area contributed by atoms with Gasteiger partial charge in [-0.1, -0.05) is 19.3 Å². The molecule has 1 unspecified atom stereocenters. The van der Waals surface area contributed by atoms with Gasteiger partial charge in [0.15, 0.2) is 5.96 Å². The fourth-order valence-corrected chi connectivity index (χ4v) is 4.73. The molecule has 0 spiro atoms. The van der Waals surface area contributed by atoms with Crippen molar-refractivity contribution in [2.75, 3.05) is 60.5 Å². The number of aryl methyl sites for hydroxylation is 1. The molecule has 1 saturated heterocycles. The van der Waals surface area contributed by atoms with Crippen LogP contribution in [0.25, 0.3) is 0 Å². The fraction of sp³-hybridized carbons (Fsp3) is 0.810. The van der Waals surface area contributed by atoms with Gasteiger partial charge in [0.2, 0.25) is 0 Å². The summed E-state index contributed by atoms with van der Waals surface area (Å²) in [7, 11) is 8.02. The zero-order chi connectivity index (χ0) is 20.7. The number of likely N-dealkylation sites (N-methyl/N-ethyl adjacent to an activating group) is 1. The summed E-state index contributed by atoms with van der Waals surface area (Å²) in [5, 5.41) is 11.5. The number of rotatable bonds is 7. The molecule has 30 heavy (non-hydrogen) atoms. The van der Waals surface area contributed by atoms with Gasteiger partial charge < -0.3 is 20.3 Å². The first-order valence-electron chi connectivity index (χ1n) is 11.0. The minimum atomic E-state index is 0. The van der Waals surface area contributed by atoms with Crippen molar-refractivity contribution in [2.24, 2.45) is 12.0 Å². The van der Waals surface area contributed by atoms with Crippen molar-refractivity contribution in [2.45, 2.75) is 43.7 Å². The van der Waals surface area contributed by atoms with E-state index in [9.17, 15) is 0 Å². The Morgan fingerprint density at radius 1 is 1.23 bits per heavy atom. The molecule has 1 saturated carbocycles. The van der Waals surface area contributed by atoms with Crippen molar-refractivity contribution in [3.63, 3.8) is 0 Å². The molecule has 1 aromatic rings. The summed E-state index contributed by atoms with van der Waals surface area (Å²) in [6.07, 6.45) is 10.5. The predicted molar refractivity (Wildman–Crippen MR) is 133 cm³/mol. The van der Waals surface area contributed by atoms with Gasteiger partial charge in [-0.05, 0) is 26.9 Å². The van der Waals surface area contributed by atoms with E-state index in [4.69, 9.17) is 4.74 Å². The fourth-order valence-electron chi connectivity index (χ4n) is 4.73. The molecule has 0 radical (unpaired) electrons. The normalized spacial score (nSPS) is 21.2. The lowest BCUT2D eigenvalue weighted by Gasteiger charge is -2.48. The number of halogens is 1. The highest BCUT2D eigenvalue weighted by Crippen LogP contribution is 2.33. The Labute approximate surface area is 198 Å². The van der Waals surface area contributed by atoms with E-state index in [-0.39, 0.29) is 35.6 Å². The Balaban J connectivity index is 0.00000320. The Bertz CT molecular complexity index is 652. The Hall–Kier alpha value is -0.910. The molecule has 0 amide bonds. The van der Waals surface area contributed by atoms with E-state index >= 15 is 0 Å². The van der Waals surface area contributed by atoms with Crippen molar-refractivity contribution >= 4 is 29.9 Å². The summed E-state index contributed by atoms with van der Waals surface area (Å²) in [6.45, 7) is 5.50. The van der Waals surface area contributed by atoms with Crippen LogP contribution in [0.15, 0.2) is 17.4 Å². The minimum absolute atomic E-state index is 0. The van der Waals surface area contributed by atoms with E-state index in [1.54, 1.807) is 0 Å². The Morgan fingerprint density at radius 3 is 2.50 bits per heavy atom. The summed E-state index contributed by atoms with van der Waals surface area (Å²) in [4.78, 5) is 9.37. The van der Waals surface area contributed by atoms with Crippen LogP contribution >= 0.6 is 24.0 Å². The van der Waals surface area contributed by atoms with E-state index in [0.29, 0.717) is 0 Å². The number of morpholine rings is 1. The van der Waals surface area contributed by atoms with Crippen LogP contribution in [0, 0.1) is 0 Å². The molecular formula is C21H40IN7O. The van der Waals surface area contributed by atoms with Crippen molar-refractivity contribution in [1.82, 2.24) is 30.2 Å². The van der Waals surface area contributed by atoms with Crippen LogP contribution in [0.2, 0.25) is 0 Å². The maximum Gasteiger partial charge on any atom is 0.191 e. The molecule has 3 rings (SSSR count). The largest absolute Gasteiger partial charge is 0.379 e. The van der Waals surface area contributed by atoms with Gasteiger partial charge in [-0.15, -0.1) is 24.0 Å². The molecule has 172 valence electrons. The second kappa shape index (κ2) is 12.2. The Morgan fingerprint density at radius 2 is 1.93 bits per heavy atom. The summed E-state index contributed by atoms with van der Waals surface area (Å²) < 4.78 is 7.46. The van der Waals surface area contributed by atoms with Crippen LogP contribution in [-0.2, 0) is 11.8 Å². The van der Waals surface area contributed by atoms with E-state index in [2.05, 4.69) is 50.8 Å². The lowest BCUT2D eigenvalue weighted by Crippen LogP contribution is -2.60. The highest BCUT2D eigenvalue weighted by Gasteiger charge is 2.38. The van der Waals surface area contributed by atoms with Crippen molar-refractivity contribution in [1.29, 1.82) is 0 Å². The zero-order valence-electron chi connectivity index (χ0n) is 19.1. The second-order valence-electron chi connectivity index (χ2n) is 8.62. The van der Waals surface area contributed by atoms with E-state index < -0.39 is 0 Å². The second-order valence-corrected chi connectivity index (χ2v) is 8.62. The summed E-state index contributed by atoms with van der Waals surface area (Å²) in [5.74, 6) is 0.874. The highest BCUT2D eigenvalue weighted by atomic mass is 127. The van der Waals surface area contributed by atoms with Crippen LogP contribution in [0.1, 0.15) is 43.7 Å². The molecule has 2 fully saturated rings. The molecule has 0 bridgehead atoms. The van der Waals surface area contributed by atoms with E-state index in [0.717, 1.165) is 45.4 Å². The van der Waals surface area contributed by atoms with Crippen LogP contribution < -0.4 is 10.6 Å². The van der Waals surface area contributed by atoms with Crippen LogP contribution in [0.3, 0.4) is 0 Å². The lowest BCUT2D eigenvalue weighted by molar-refractivity contribution is -0.0352. The van der Waals surface area contributed by atoms with Crippen LogP contribution in [0.5, 0.6) is 0 Å². The molecule has 2 aliphatic rings. The number of hydrogen-bond acceptors (Lipinski definition) is 5. The summed E-state index contributed by atoms with van der Waals surface area (Å²) >= 11 is 0. The number of guanidine groups is 1. The summed E-state index contributed by atoms with van der Waals surface area (Å²) in [5.41, 5.74) is 1.43. The molecule has 0 aromatic carbocycles. The first kappa shape index (κ1) is 25.4. The molecule has 2 heterocycles. The summed E-state index contributed by atoms with van der Waals surface area (Å²) in [6, 6.07) is 0.241. The molecule has 8 nitrogen and oxygen atoms in total. The van der Waals surface area contributed by atoms with Gasteiger partial charge in [0.05, 0.1) is 25.5 Å². The van der Waals surface area contributed by atoms with Gasteiger partial charge in [-0.2, -0.15) is 5.10 Å². The molecule has 2 N–H and O–H groups in total. The zero-order valence-corrected chi connectivity index (χ0v) is 21.4. The first-order valence-corrected chi connectivity index (χ1v) is 11.0. The van der Waals surface area contributed by atoms with Crippen LogP contribution in [0.4, 0.5) is 0 Å². The Kier molecular flexibility index (Phi) is 10.3. The molecule has 1 atom stereocenters. The average Bonchev–Trinajstić information content (AvgIpc) is 3.17. The van der Waals surface area contributed by atoms with E-state index in [1.165, 1.54) is 37.7 Å². The van der Waals surface area contributed by atoms with Gasteiger partial charge in [0.25, 0.3) is 0 Å². The van der Waals surface area contributed by atoms with Crippen LogP contribution in [-0.4, -0.2) is 91.6 Å². The number of hydrogen-bond donors (Lipinski definition) is 2. The lowest BCUT2D eigenvalue weighted by atomic mass is 9.80. The predicted octanol–water partition coefficient (Wildman–Crippen LogP) is 1.84. The maximum atomic E-state index is 5.60. The molecule has 1 aliphatic carbocycles. The number of aliphatic imine (C=N–C) groups is 1. The third-order valence-electron chi connectivity index (χ3n) is 6.47. The quantitative estimate of drug-likeness (QED) is 0.317. The monoisotopic (exact) mass is 533 g/mol. The maximum absolute atomic E-state index is 5.60. The number of ether oxygens (including phenoxy) is 1. The van der Waals surface area contributed by atoms with Crippen molar-refractivity contribution < 1.29 is 4.74 Å². The number of nitrogens with one attached hydrogen (secondary N) is 2. The average molecular weight is 534 g/mol. The third-order valence-corrected chi connectivity index (χ3v) is 6.47. The van der Waals surface area contributed by atoms with Gasteiger partial charge >= 0.3 is 0 Å². The highest BCUT2D eigenvalue weighted by molar-refractivity contribution is 14.0. The standard InChI is InChI=1S/C21H39N7O.HI/c1-22-20(23-15-19(26(2)3)18-14-25-27(4)16-18)24-17-21(8-6-5-7-9-21)28-10-12-29-13-11-28;/h14,16,19H,5-13,15,17H2,1-4H3,(H2,22,23,24);1H. The van der Waals surface area contributed by atoms with Crippen molar-refractivity contribution in [3.8, 4) is 0 Å². The minimum Gasteiger partial charge on any atom is -0.379 e. The van der Waals surface area contributed by atoms with Gasteiger partial charge in [-0.25, -0.2) is 0 Å². The van der Waals surface area contributed by atoms with Gasteiger partial charge in [-0.3, -0.25) is 14.6 Å². The number of nitrogens with zero attached hydrogens (tertiary/aromatic N) is 5. The molecule has 9 heteroatoms.